The second kappa shape index (κ2) is 6.49. The van der Waals surface area contributed by atoms with Gasteiger partial charge < -0.3 is 4.42 Å². The van der Waals surface area contributed by atoms with E-state index in [4.69, 9.17) is 21.0 Å². The van der Waals surface area contributed by atoms with Crippen molar-refractivity contribution in [2.75, 3.05) is 0 Å². The first-order chi connectivity index (χ1) is 13.3. The number of nitrogens with zero attached hydrogens (tertiary/aromatic N) is 6. The number of hydrogen-bond acceptors (Lipinski definition) is 8. The Hall–Kier alpha value is -3.23. The fourth-order valence-corrected chi connectivity index (χ4v) is 3.91. The molecular formula is C18H9ClN6OS. The number of halogens is 1. The van der Waals surface area contributed by atoms with E-state index in [2.05, 4.69) is 24.9 Å². The van der Waals surface area contributed by atoms with E-state index in [0.29, 0.717) is 27.9 Å². The van der Waals surface area contributed by atoms with Crippen molar-refractivity contribution in [2.45, 2.75) is 0 Å². The quantitative estimate of drug-likeness (QED) is 0.445. The second-order valence-corrected chi connectivity index (χ2v) is 6.88. The van der Waals surface area contributed by atoms with Crippen LogP contribution in [0.15, 0.2) is 60.0 Å². The standard InChI is InChI=1S/C18H9ClN6OS/c19-16-15(27-18(25-16)10-7-20-9-21-8-10)12-6-13-11(2-5-26-13)14(24-12)17-22-3-1-4-23-17/h1-9H. The van der Waals surface area contributed by atoms with Crippen molar-refractivity contribution < 1.29 is 4.42 Å². The van der Waals surface area contributed by atoms with Gasteiger partial charge in [0.2, 0.25) is 0 Å². The highest BCUT2D eigenvalue weighted by molar-refractivity contribution is 7.19. The van der Waals surface area contributed by atoms with Crippen molar-refractivity contribution in [1.82, 2.24) is 29.9 Å². The minimum atomic E-state index is 0.359. The Morgan fingerprint density at radius 1 is 1.04 bits per heavy atom. The lowest BCUT2D eigenvalue weighted by molar-refractivity contribution is 0.616. The average Bonchev–Trinajstić information content (AvgIpc) is 3.35. The highest BCUT2D eigenvalue weighted by Gasteiger charge is 2.19. The van der Waals surface area contributed by atoms with Gasteiger partial charge in [0.05, 0.1) is 16.8 Å². The summed E-state index contributed by atoms with van der Waals surface area (Å²) in [7, 11) is 0. The molecule has 0 radical (unpaired) electrons. The number of thiazole rings is 1. The molecule has 5 aromatic heterocycles. The summed E-state index contributed by atoms with van der Waals surface area (Å²) in [5.41, 5.74) is 2.74. The van der Waals surface area contributed by atoms with Crippen LogP contribution in [0, 0.1) is 0 Å². The van der Waals surface area contributed by atoms with E-state index in [0.717, 1.165) is 20.8 Å². The highest BCUT2D eigenvalue weighted by atomic mass is 35.5. The third kappa shape index (κ3) is 2.84. The molecule has 0 atom stereocenters. The van der Waals surface area contributed by atoms with Gasteiger partial charge in [-0.25, -0.2) is 29.9 Å². The molecule has 7 nitrogen and oxygen atoms in total. The van der Waals surface area contributed by atoms with Gasteiger partial charge in [0.1, 0.15) is 27.8 Å². The molecule has 0 fully saturated rings. The molecule has 0 spiro atoms. The molecule has 5 rings (SSSR count). The first-order valence-electron chi connectivity index (χ1n) is 7.87. The molecule has 0 aromatic carbocycles. The zero-order valence-electron chi connectivity index (χ0n) is 13.6. The topological polar surface area (TPSA) is 90.5 Å². The van der Waals surface area contributed by atoms with Crippen LogP contribution in [-0.4, -0.2) is 29.9 Å². The fraction of sp³-hybridized carbons (Fsp3) is 0. The van der Waals surface area contributed by atoms with Crippen molar-refractivity contribution >= 4 is 33.9 Å². The molecule has 5 aromatic rings. The van der Waals surface area contributed by atoms with E-state index >= 15 is 0 Å². The number of pyridine rings is 1. The third-order valence-electron chi connectivity index (χ3n) is 3.85. The van der Waals surface area contributed by atoms with E-state index < -0.39 is 0 Å². The molecule has 9 heteroatoms. The summed E-state index contributed by atoms with van der Waals surface area (Å²) in [6.45, 7) is 0. The van der Waals surface area contributed by atoms with Crippen LogP contribution in [0.5, 0.6) is 0 Å². The summed E-state index contributed by atoms with van der Waals surface area (Å²) < 4.78 is 5.60. The smallest absolute Gasteiger partial charge is 0.178 e. The van der Waals surface area contributed by atoms with Crippen LogP contribution < -0.4 is 0 Å². The lowest BCUT2D eigenvalue weighted by Gasteiger charge is -2.04. The number of rotatable bonds is 3. The van der Waals surface area contributed by atoms with Crippen molar-refractivity contribution in [2.24, 2.45) is 0 Å². The Kier molecular flexibility index (Phi) is 3.84. The van der Waals surface area contributed by atoms with Crippen molar-refractivity contribution in [3.63, 3.8) is 0 Å². The first-order valence-corrected chi connectivity index (χ1v) is 9.07. The molecule has 0 aliphatic rings. The molecule has 0 N–H and O–H groups in total. The fourth-order valence-electron chi connectivity index (χ4n) is 2.67. The molecule has 0 bridgehead atoms. The summed E-state index contributed by atoms with van der Waals surface area (Å²) in [6, 6.07) is 5.44. The second-order valence-electron chi connectivity index (χ2n) is 5.53. The average molecular weight is 393 g/mol. The number of aromatic nitrogens is 6. The van der Waals surface area contributed by atoms with Gasteiger partial charge in [0.25, 0.3) is 0 Å². The SMILES string of the molecule is Clc1nc(-c2cncnc2)sc1-c1cc2occc2c(-c2ncccn2)n1. The minimum absolute atomic E-state index is 0.359. The summed E-state index contributed by atoms with van der Waals surface area (Å²) in [5.74, 6) is 0.517. The Morgan fingerprint density at radius 3 is 2.67 bits per heavy atom. The van der Waals surface area contributed by atoms with Crippen LogP contribution in [-0.2, 0) is 0 Å². The van der Waals surface area contributed by atoms with Crippen LogP contribution in [0.4, 0.5) is 0 Å². The van der Waals surface area contributed by atoms with Gasteiger partial charge in [-0.1, -0.05) is 11.6 Å². The number of fused-ring (bicyclic) bond motifs is 1. The largest absolute Gasteiger partial charge is 0.464 e. The Bertz CT molecular complexity index is 1240. The van der Waals surface area contributed by atoms with Crippen molar-refractivity contribution in [3.8, 4) is 32.7 Å². The Morgan fingerprint density at radius 2 is 1.85 bits per heavy atom. The Labute approximate surface area is 161 Å². The first kappa shape index (κ1) is 16.0. The molecular weight excluding hydrogens is 384 g/mol. The zero-order chi connectivity index (χ0) is 18.2. The van der Waals surface area contributed by atoms with E-state index in [1.807, 2.05) is 12.1 Å². The summed E-state index contributed by atoms with van der Waals surface area (Å²) >= 11 is 7.82. The van der Waals surface area contributed by atoms with Crippen LogP contribution in [0.25, 0.3) is 43.6 Å². The Balaban J connectivity index is 1.69. The van der Waals surface area contributed by atoms with Gasteiger partial charge in [0, 0.05) is 41.8 Å². The zero-order valence-corrected chi connectivity index (χ0v) is 15.1. The molecule has 0 amide bonds. The minimum Gasteiger partial charge on any atom is -0.464 e. The molecule has 0 aliphatic carbocycles. The maximum atomic E-state index is 6.41. The molecule has 0 unspecified atom stereocenters. The van der Waals surface area contributed by atoms with E-state index in [-0.39, 0.29) is 0 Å². The van der Waals surface area contributed by atoms with E-state index in [1.165, 1.54) is 17.7 Å². The van der Waals surface area contributed by atoms with Gasteiger partial charge in [-0.05, 0) is 12.1 Å². The van der Waals surface area contributed by atoms with Crippen molar-refractivity contribution in [3.05, 3.63) is 60.7 Å². The maximum Gasteiger partial charge on any atom is 0.178 e. The summed E-state index contributed by atoms with van der Waals surface area (Å²) in [6.07, 6.45) is 9.82. The normalized spacial score (nSPS) is 11.1. The number of hydrogen-bond donors (Lipinski definition) is 0. The van der Waals surface area contributed by atoms with Gasteiger partial charge >= 0.3 is 0 Å². The molecule has 27 heavy (non-hydrogen) atoms. The molecule has 0 aliphatic heterocycles. The van der Waals surface area contributed by atoms with Crippen LogP contribution >= 0.6 is 22.9 Å². The number of furan rings is 1. The maximum absolute atomic E-state index is 6.41. The van der Waals surface area contributed by atoms with E-state index in [9.17, 15) is 0 Å². The summed E-state index contributed by atoms with van der Waals surface area (Å²) in [5, 5.41) is 1.91. The van der Waals surface area contributed by atoms with E-state index in [1.54, 1.807) is 37.1 Å². The van der Waals surface area contributed by atoms with Crippen molar-refractivity contribution in [1.29, 1.82) is 0 Å². The van der Waals surface area contributed by atoms with Crippen LogP contribution in [0.3, 0.4) is 0 Å². The third-order valence-corrected chi connectivity index (χ3v) is 5.37. The van der Waals surface area contributed by atoms with Crippen LogP contribution in [0.1, 0.15) is 0 Å². The lowest BCUT2D eigenvalue weighted by atomic mass is 10.2. The lowest BCUT2D eigenvalue weighted by Crippen LogP contribution is -1.93. The highest BCUT2D eigenvalue weighted by Crippen LogP contribution is 2.39. The predicted molar refractivity (Wildman–Crippen MR) is 102 cm³/mol. The summed E-state index contributed by atoms with van der Waals surface area (Å²) in [4.78, 5) is 26.6. The van der Waals surface area contributed by atoms with Gasteiger partial charge in [-0.2, -0.15) is 0 Å². The molecule has 5 heterocycles. The molecule has 0 saturated heterocycles. The monoisotopic (exact) mass is 392 g/mol. The van der Waals surface area contributed by atoms with Gasteiger partial charge in [-0.3, -0.25) is 0 Å². The van der Waals surface area contributed by atoms with Gasteiger partial charge in [-0.15, -0.1) is 11.3 Å². The molecule has 0 saturated carbocycles. The molecule has 130 valence electrons. The van der Waals surface area contributed by atoms with Gasteiger partial charge in [0.15, 0.2) is 5.82 Å². The van der Waals surface area contributed by atoms with Crippen LogP contribution in [0.2, 0.25) is 5.15 Å². The predicted octanol–water partition coefficient (Wildman–Crippen LogP) is 4.52.